The van der Waals surface area contributed by atoms with Crippen molar-refractivity contribution in [3.63, 3.8) is 0 Å². The minimum atomic E-state index is -4.76. The second kappa shape index (κ2) is 11.6. The number of anilines is 1. The average molecular weight is 542 g/mol. The van der Waals surface area contributed by atoms with Crippen LogP contribution in [0.4, 0.5) is 23.2 Å². The summed E-state index contributed by atoms with van der Waals surface area (Å²) >= 11 is 5.95. The molecule has 37 heavy (non-hydrogen) atoms. The highest BCUT2D eigenvalue weighted by Gasteiger charge is 2.34. The number of amides is 1. The van der Waals surface area contributed by atoms with Gasteiger partial charge in [-0.3, -0.25) is 9.59 Å². The van der Waals surface area contributed by atoms with E-state index in [-0.39, 0.29) is 34.7 Å². The summed E-state index contributed by atoms with van der Waals surface area (Å²) in [4.78, 5) is 27.7. The average Bonchev–Trinajstić information content (AvgIpc) is 3.23. The van der Waals surface area contributed by atoms with E-state index >= 15 is 0 Å². The summed E-state index contributed by atoms with van der Waals surface area (Å²) in [5, 5.41) is 11.4. The van der Waals surface area contributed by atoms with Crippen LogP contribution in [0, 0.1) is 5.95 Å². The van der Waals surface area contributed by atoms with E-state index in [1.807, 2.05) is 13.8 Å². The first-order valence-electron chi connectivity index (χ1n) is 11.3. The van der Waals surface area contributed by atoms with Gasteiger partial charge < -0.3 is 19.7 Å². The first-order valence-corrected chi connectivity index (χ1v) is 11.7. The molecule has 3 aromatic rings. The molecular weight excluding hydrogens is 518 g/mol. The molecule has 0 saturated carbocycles. The molecule has 0 radical (unpaired) electrons. The van der Waals surface area contributed by atoms with Crippen LogP contribution in [-0.4, -0.2) is 33.1 Å². The number of aromatic nitrogens is 2. The number of carboxylic acid groups (broad SMARTS) is 1. The van der Waals surface area contributed by atoms with Gasteiger partial charge in [0.25, 0.3) is 5.91 Å². The minimum Gasteiger partial charge on any atom is -0.490 e. The van der Waals surface area contributed by atoms with Crippen LogP contribution in [0.3, 0.4) is 0 Å². The number of aliphatic carboxylic acids is 1. The van der Waals surface area contributed by atoms with Crippen molar-refractivity contribution in [1.82, 2.24) is 9.55 Å². The molecule has 1 atom stereocenters. The molecule has 198 valence electrons. The minimum absolute atomic E-state index is 0.0514. The molecule has 0 spiro atoms. The molecule has 2 N–H and O–H groups in total. The second-order valence-electron chi connectivity index (χ2n) is 8.28. The van der Waals surface area contributed by atoms with Crippen molar-refractivity contribution in [3.05, 3.63) is 76.1 Å². The van der Waals surface area contributed by atoms with Crippen LogP contribution in [0.1, 0.15) is 53.6 Å². The molecule has 0 aliphatic rings. The van der Waals surface area contributed by atoms with Crippen LogP contribution in [0.5, 0.6) is 5.75 Å². The van der Waals surface area contributed by atoms with E-state index in [1.165, 1.54) is 6.07 Å². The molecule has 2 heterocycles. The summed E-state index contributed by atoms with van der Waals surface area (Å²) in [6.07, 6.45) is -3.17. The highest BCUT2D eigenvalue weighted by molar-refractivity contribution is 6.32. The molecule has 0 aliphatic heterocycles. The smallest absolute Gasteiger partial charge is 0.418 e. The molecule has 2 aromatic heterocycles. The van der Waals surface area contributed by atoms with Crippen LogP contribution in [-0.2, 0) is 23.8 Å². The van der Waals surface area contributed by atoms with Gasteiger partial charge in [0.1, 0.15) is 5.69 Å². The number of carbonyl (C=O) groups excluding carboxylic acids is 1. The fraction of sp³-hybridized carbons (Fsp3) is 0.320. The Hall–Kier alpha value is -3.60. The maximum Gasteiger partial charge on any atom is 0.418 e. The predicted molar refractivity (Wildman–Crippen MR) is 129 cm³/mol. The number of carbonyl (C=O) groups is 2. The Kier molecular flexibility index (Phi) is 8.80. The van der Waals surface area contributed by atoms with Gasteiger partial charge in [-0.15, -0.1) is 0 Å². The topological polar surface area (TPSA) is 93.5 Å². The van der Waals surface area contributed by atoms with Gasteiger partial charge in [0.05, 0.1) is 35.5 Å². The third-order valence-corrected chi connectivity index (χ3v) is 5.96. The number of pyridine rings is 1. The Labute approximate surface area is 215 Å². The lowest BCUT2D eigenvalue weighted by atomic mass is 10.1. The normalized spacial score (nSPS) is 12.3. The van der Waals surface area contributed by atoms with E-state index in [0.717, 1.165) is 30.5 Å². The SMILES string of the molecule is CC[C@H](C)n1c(CCOc2cnc(F)cc2Cl)ccc1C(=O)Nc1cc(CC(=O)O)ccc1C(F)(F)F. The van der Waals surface area contributed by atoms with E-state index in [9.17, 15) is 27.2 Å². The molecule has 0 unspecified atom stereocenters. The van der Waals surface area contributed by atoms with Crippen LogP contribution in [0.2, 0.25) is 5.02 Å². The number of nitrogens with zero attached hydrogens (tertiary/aromatic N) is 2. The van der Waals surface area contributed by atoms with Crippen molar-refractivity contribution >= 4 is 29.2 Å². The van der Waals surface area contributed by atoms with E-state index in [2.05, 4.69) is 10.3 Å². The largest absolute Gasteiger partial charge is 0.490 e. The number of halogens is 5. The van der Waals surface area contributed by atoms with E-state index in [1.54, 1.807) is 10.6 Å². The summed E-state index contributed by atoms with van der Waals surface area (Å²) in [6.45, 7) is 3.87. The first-order chi connectivity index (χ1) is 17.4. The third-order valence-electron chi connectivity index (χ3n) is 5.66. The molecule has 0 aliphatic carbocycles. The summed E-state index contributed by atoms with van der Waals surface area (Å²) in [5.74, 6) is -2.56. The Morgan fingerprint density at radius 3 is 2.57 bits per heavy atom. The molecule has 0 saturated heterocycles. The van der Waals surface area contributed by atoms with Crippen molar-refractivity contribution in [3.8, 4) is 5.75 Å². The van der Waals surface area contributed by atoms with Gasteiger partial charge in [0.2, 0.25) is 5.95 Å². The summed E-state index contributed by atoms with van der Waals surface area (Å²) in [6, 6.07) is 6.83. The zero-order valence-electron chi connectivity index (χ0n) is 19.9. The van der Waals surface area contributed by atoms with Gasteiger partial charge in [-0.25, -0.2) is 4.98 Å². The molecule has 1 amide bonds. The van der Waals surface area contributed by atoms with Crippen molar-refractivity contribution in [2.24, 2.45) is 0 Å². The van der Waals surface area contributed by atoms with E-state index in [0.29, 0.717) is 18.5 Å². The van der Waals surface area contributed by atoms with Crippen molar-refractivity contribution in [2.45, 2.75) is 45.3 Å². The van der Waals surface area contributed by atoms with E-state index < -0.39 is 41.7 Å². The monoisotopic (exact) mass is 541 g/mol. The molecule has 12 heteroatoms. The number of benzene rings is 1. The lowest BCUT2D eigenvalue weighted by molar-refractivity contribution is -0.137. The van der Waals surface area contributed by atoms with Crippen LogP contribution >= 0.6 is 11.6 Å². The lowest BCUT2D eigenvalue weighted by Crippen LogP contribution is -2.22. The fourth-order valence-electron chi connectivity index (χ4n) is 3.76. The Balaban J connectivity index is 1.86. The number of rotatable bonds is 10. The number of carboxylic acids is 1. The van der Waals surface area contributed by atoms with Crippen molar-refractivity contribution in [1.29, 1.82) is 0 Å². The summed E-state index contributed by atoms with van der Waals surface area (Å²) < 4.78 is 61.1. The Bertz CT molecular complexity index is 1290. The fourth-order valence-corrected chi connectivity index (χ4v) is 3.96. The number of hydrogen-bond donors (Lipinski definition) is 2. The molecule has 0 bridgehead atoms. The highest BCUT2D eigenvalue weighted by atomic mass is 35.5. The quantitative estimate of drug-likeness (QED) is 0.237. The van der Waals surface area contributed by atoms with Crippen LogP contribution < -0.4 is 10.1 Å². The lowest BCUT2D eigenvalue weighted by Gasteiger charge is -2.20. The first kappa shape index (κ1) is 28.0. The zero-order chi connectivity index (χ0) is 27.3. The van der Waals surface area contributed by atoms with Gasteiger partial charge >= 0.3 is 12.1 Å². The molecular formula is C25H24ClF4N3O4. The van der Waals surface area contributed by atoms with Crippen LogP contribution in [0.15, 0.2) is 42.6 Å². The Morgan fingerprint density at radius 2 is 1.95 bits per heavy atom. The molecule has 0 fully saturated rings. The molecule has 7 nitrogen and oxygen atoms in total. The van der Waals surface area contributed by atoms with Crippen molar-refractivity contribution < 1.29 is 37.0 Å². The number of alkyl halides is 3. The second-order valence-corrected chi connectivity index (χ2v) is 8.68. The number of hydrogen-bond acceptors (Lipinski definition) is 4. The van der Waals surface area contributed by atoms with Gasteiger partial charge in [0, 0.05) is 24.2 Å². The maximum atomic E-state index is 13.6. The predicted octanol–water partition coefficient (Wildman–Crippen LogP) is 6.17. The Morgan fingerprint density at radius 1 is 1.22 bits per heavy atom. The third kappa shape index (κ3) is 7.00. The number of ether oxygens (including phenoxy) is 1. The van der Waals surface area contributed by atoms with Crippen molar-refractivity contribution in [2.75, 3.05) is 11.9 Å². The van der Waals surface area contributed by atoms with Gasteiger partial charge in [-0.2, -0.15) is 17.6 Å². The van der Waals surface area contributed by atoms with Crippen LogP contribution in [0.25, 0.3) is 0 Å². The maximum absolute atomic E-state index is 13.6. The molecule has 1 aromatic carbocycles. The summed E-state index contributed by atoms with van der Waals surface area (Å²) in [7, 11) is 0. The van der Waals surface area contributed by atoms with Gasteiger partial charge in [-0.05, 0) is 43.2 Å². The zero-order valence-corrected chi connectivity index (χ0v) is 20.7. The molecule has 3 rings (SSSR count). The standard InChI is InChI=1S/C25H24ClF4N3O4/c1-3-14(2)33-16(8-9-37-21-13-31-22(27)12-18(21)26)5-7-20(33)24(36)32-19-10-15(11-23(34)35)4-6-17(19)25(28,29)30/h4-7,10,12-14H,3,8-9,11H2,1-2H3,(H,32,36)(H,34,35)/t14-/m0/s1. The summed E-state index contributed by atoms with van der Waals surface area (Å²) in [5.41, 5.74) is -0.699. The van der Waals surface area contributed by atoms with Gasteiger partial charge in [0.15, 0.2) is 5.75 Å². The highest BCUT2D eigenvalue weighted by Crippen LogP contribution is 2.36. The van der Waals surface area contributed by atoms with Gasteiger partial charge in [-0.1, -0.05) is 24.6 Å². The number of nitrogens with one attached hydrogen (secondary N) is 1. The van der Waals surface area contributed by atoms with E-state index in [4.69, 9.17) is 21.4 Å².